The van der Waals surface area contributed by atoms with E-state index in [4.69, 9.17) is 20.1 Å². The maximum Gasteiger partial charge on any atom is 0.397 e. The van der Waals surface area contributed by atoms with E-state index in [-0.39, 0.29) is 58.2 Å². The van der Waals surface area contributed by atoms with E-state index >= 15 is 0 Å². The molecule has 170 valence electrons. The molecule has 6 nitrogen and oxygen atoms in total. The summed E-state index contributed by atoms with van der Waals surface area (Å²) in [6.45, 7) is 23.5. The summed E-state index contributed by atoms with van der Waals surface area (Å²) < 4.78 is 5.07. The second kappa shape index (κ2) is 24.5. The normalized spacial score (nSPS) is 10.2. The van der Waals surface area contributed by atoms with Crippen LogP contribution in [0.2, 0.25) is 0 Å². The van der Waals surface area contributed by atoms with Crippen LogP contribution in [0.4, 0.5) is 4.79 Å². The van der Waals surface area contributed by atoms with Crippen LogP contribution < -0.4 is 0 Å². The van der Waals surface area contributed by atoms with Gasteiger partial charge in [-0.25, -0.2) is 10.9 Å². The number of carbonyl (C=O) groups is 1. The quantitative estimate of drug-likeness (QED) is 0.442. The van der Waals surface area contributed by atoms with Gasteiger partial charge in [0.25, 0.3) is 0 Å². The van der Waals surface area contributed by atoms with Gasteiger partial charge in [0.15, 0.2) is 0 Å². The molecular formula is C21H46NO5Ti-. The van der Waals surface area contributed by atoms with Crippen molar-refractivity contribution in [2.75, 3.05) is 0 Å². The smallest absolute Gasteiger partial charge is 0.397 e. The maximum absolute atomic E-state index is 11.7. The van der Waals surface area contributed by atoms with Gasteiger partial charge >= 0.3 is 6.09 Å². The topological polar surface area (TPSA) is 90.2 Å². The van der Waals surface area contributed by atoms with Crippen LogP contribution in [0.25, 0.3) is 0 Å². The van der Waals surface area contributed by atoms with Crippen molar-refractivity contribution in [3.63, 3.8) is 0 Å². The van der Waals surface area contributed by atoms with Crippen molar-refractivity contribution in [3.8, 4) is 0 Å². The third kappa shape index (κ3) is 44.7. The van der Waals surface area contributed by atoms with Crippen molar-refractivity contribution in [1.82, 2.24) is 4.90 Å². The second-order valence-electron chi connectivity index (χ2n) is 7.41. The number of ether oxygens (including phenoxy) is 1. The predicted molar refractivity (Wildman–Crippen MR) is 114 cm³/mol. The van der Waals surface area contributed by atoms with Crippen molar-refractivity contribution in [2.45, 2.75) is 113 Å². The van der Waals surface area contributed by atoms with E-state index in [2.05, 4.69) is 0 Å². The Bertz CT molecular complexity index is 326. The van der Waals surface area contributed by atoms with Crippen LogP contribution in [-0.2, 0) is 26.5 Å². The zero-order valence-corrected chi connectivity index (χ0v) is 21.7. The third-order valence-electron chi connectivity index (χ3n) is 2.12. The van der Waals surface area contributed by atoms with Gasteiger partial charge in [-0.05, 0) is 69.2 Å². The van der Waals surface area contributed by atoms with Crippen LogP contribution in [0.5, 0.6) is 0 Å². The van der Waals surface area contributed by atoms with Gasteiger partial charge in [0.2, 0.25) is 0 Å². The standard InChI is InChI=1S/C12H22NO2.3C3H8O.Ti/c1-7-11(6)8-15-12(14)13(9(2)3)10(4)5;3*1-3(2)4;/h7-10H,1-6H3;3*3-4H,1-2H3;/q-1;;;;/b11-7+;;;;. The first-order valence-corrected chi connectivity index (χ1v) is 9.59. The molecule has 0 saturated carbocycles. The summed E-state index contributed by atoms with van der Waals surface area (Å²) in [6.07, 6.45) is 1.10. The molecule has 0 aliphatic rings. The van der Waals surface area contributed by atoms with Crippen LogP contribution in [0.15, 0.2) is 11.6 Å². The molecule has 7 heteroatoms. The van der Waals surface area contributed by atoms with E-state index in [1.807, 2.05) is 47.6 Å². The molecule has 0 aliphatic heterocycles. The first-order valence-electron chi connectivity index (χ1n) is 9.59. The molecule has 0 saturated heterocycles. The third-order valence-corrected chi connectivity index (χ3v) is 2.12. The maximum atomic E-state index is 11.7. The summed E-state index contributed by atoms with van der Waals surface area (Å²) in [5.74, 6) is 0. The number of aliphatic hydroxyl groups is 3. The monoisotopic (exact) mass is 440 g/mol. The Kier molecular flexibility index (Phi) is 33.4. The molecule has 0 spiro atoms. The molecule has 0 atom stereocenters. The number of amides is 1. The van der Waals surface area contributed by atoms with Gasteiger partial charge in [-0.15, -0.1) is 6.92 Å². The number of hydrogen-bond acceptors (Lipinski definition) is 5. The minimum atomic E-state index is -0.291. The van der Waals surface area contributed by atoms with Crippen molar-refractivity contribution in [1.29, 1.82) is 0 Å². The van der Waals surface area contributed by atoms with Gasteiger partial charge in [0.05, 0.1) is 0 Å². The van der Waals surface area contributed by atoms with E-state index in [1.165, 1.54) is 6.61 Å². The largest absolute Gasteiger partial charge is 0.511 e. The Morgan fingerprint density at radius 2 is 1.07 bits per heavy atom. The Morgan fingerprint density at radius 3 is 1.25 bits per heavy atom. The molecule has 0 bridgehead atoms. The van der Waals surface area contributed by atoms with Gasteiger partial charge in [0.1, 0.15) is 0 Å². The van der Waals surface area contributed by atoms with Crippen molar-refractivity contribution >= 4 is 6.09 Å². The van der Waals surface area contributed by atoms with Crippen LogP contribution in [0.1, 0.15) is 83.1 Å². The number of aliphatic hydroxyl groups excluding tert-OH is 3. The van der Waals surface area contributed by atoms with Crippen LogP contribution in [0, 0.1) is 6.61 Å². The van der Waals surface area contributed by atoms with Gasteiger partial charge in [0, 0.05) is 52.1 Å². The molecule has 0 aromatic heterocycles. The number of carbonyl (C=O) groups excluding carboxylic acids is 1. The molecule has 0 aromatic carbocycles. The molecule has 0 aromatic rings. The molecule has 28 heavy (non-hydrogen) atoms. The molecule has 0 unspecified atom stereocenters. The van der Waals surface area contributed by atoms with Crippen LogP contribution in [0.3, 0.4) is 0 Å². The van der Waals surface area contributed by atoms with Crippen molar-refractivity contribution in [2.24, 2.45) is 0 Å². The number of allylic oxidation sites excluding steroid dienone is 1. The first kappa shape index (κ1) is 38.1. The fourth-order valence-corrected chi connectivity index (χ4v) is 1.29. The molecular weight excluding hydrogens is 394 g/mol. The van der Waals surface area contributed by atoms with Gasteiger partial charge < -0.3 is 25.0 Å². The van der Waals surface area contributed by atoms with Crippen molar-refractivity contribution in [3.05, 3.63) is 18.3 Å². The van der Waals surface area contributed by atoms with Gasteiger partial charge in [-0.3, -0.25) is 0 Å². The van der Waals surface area contributed by atoms with Crippen LogP contribution >= 0.6 is 0 Å². The molecule has 0 aliphatic carbocycles. The average Bonchev–Trinajstić information content (AvgIpc) is 2.42. The van der Waals surface area contributed by atoms with Gasteiger partial charge in [-0.1, -0.05) is 13.5 Å². The Balaban J connectivity index is -0.000000111. The van der Waals surface area contributed by atoms with E-state index < -0.39 is 0 Å². The zero-order chi connectivity index (χ0) is 22.7. The minimum Gasteiger partial charge on any atom is -0.511 e. The summed E-state index contributed by atoms with van der Waals surface area (Å²) in [5.41, 5.74) is 0.941. The summed E-state index contributed by atoms with van der Waals surface area (Å²) in [6, 6.07) is 0.300. The minimum absolute atomic E-state index is 0. The van der Waals surface area contributed by atoms with Gasteiger partial charge in [-0.2, -0.15) is 5.57 Å². The number of nitrogens with zero attached hydrogens (tertiary/aromatic N) is 1. The first-order chi connectivity index (χ1) is 12.1. The van der Waals surface area contributed by atoms with E-state index in [0.717, 1.165) is 5.57 Å². The van der Waals surface area contributed by atoms with E-state index in [1.54, 1.807) is 46.4 Å². The predicted octanol–water partition coefficient (Wildman–Crippen LogP) is 4.53. The Hall–Kier alpha value is -0.526. The molecule has 0 rings (SSSR count). The number of rotatable bonds is 4. The summed E-state index contributed by atoms with van der Waals surface area (Å²) in [4.78, 5) is 13.4. The zero-order valence-electron chi connectivity index (χ0n) is 20.1. The molecule has 0 fully saturated rings. The number of hydrogen-bond donors (Lipinski definition) is 3. The molecule has 0 heterocycles. The molecule has 3 N–H and O–H groups in total. The summed E-state index contributed by atoms with van der Waals surface area (Å²) >= 11 is 0. The fourth-order valence-electron chi connectivity index (χ4n) is 1.29. The molecule has 1 amide bonds. The van der Waals surface area contributed by atoms with Crippen LogP contribution in [-0.4, -0.2) is 56.7 Å². The Labute approximate surface area is 189 Å². The molecule has 0 radical (unpaired) electrons. The van der Waals surface area contributed by atoms with E-state index in [0.29, 0.717) is 0 Å². The van der Waals surface area contributed by atoms with E-state index in [9.17, 15) is 4.79 Å². The Morgan fingerprint density at radius 1 is 0.821 bits per heavy atom. The fraction of sp³-hybridized carbons (Fsp3) is 0.810. The average molecular weight is 440 g/mol. The van der Waals surface area contributed by atoms with Crippen molar-refractivity contribution < 1.29 is 46.6 Å². The second-order valence-corrected chi connectivity index (χ2v) is 7.41. The SMILES string of the molecule is C/C=C(\C)[CH-]OC(=O)N(C(C)C)C(C)C.CC(C)O.CC(C)O.CC(C)O.[Ti]. The summed E-state index contributed by atoms with van der Waals surface area (Å²) in [5, 5.41) is 24.2. The summed E-state index contributed by atoms with van der Waals surface area (Å²) in [7, 11) is 0.